The van der Waals surface area contributed by atoms with Crippen molar-refractivity contribution >= 4 is 12.2 Å². The van der Waals surface area contributed by atoms with E-state index >= 15 is 0 Å². The Morgan fingerprint density at radius 2 is 2.64 bits per heavy atom. The topological polar surface area (TPSA) is 101 Å². The molecule has 2 N–H and O–H groups in total. The molecule has 14 heavy (non-hydrogen) atoms. The number of nitrogens with one attached hydrogen (secondary N) is 2. The van der Waals surface area contributed by atoms with Crippen LogP contribution in [-0.2, 0) is 4.74 Å². The Balaban J connectivity index is 2.47. The van der Waals surface area contributed by atoms with Gasteiger partial charge in [-0.3, -0.25) is 0 Å². The van der Waals surface area contributed by atoms with Crippen LogP contribution in [0.2, 0.25) is 0 Å². The van der Waals surface area contributed by atoms with E-state index < -0.39 is 11.3 Å². The van der Waals surface area contributed by atoms with Gasteiger partial charge in [0.1, 0.15) is 5.10 Å². The highest BCUT2D eigenvalue weighted by Gasteiger charge is 2.15. The van der Waals surface area contributed by atoms with E-state index in [-0.39, 0.29) is 5.96 Å². The molecule has 0 spiro atoms. The molecule has 1 heterocycles. The van der Waals surface area contributed by atoms with Gasteiger partial charge >= 0.3 is 0 Å². The maximum atomic E-state index is 10.0. The van der Waals surface area contributed by atoms with E-state index in [1.165, 1.54) is 6.21 Å². The quantitative estimate of drug-likeness (QED) is 0.470. The largest absolute Gasteiger partial charge is 0.353 e. The zero-order valence-corrected chi connectivity index (χ0v) is 7.64. The number of hydrogen-bond acceptors (Lipinski definition) is 4. The minimum atomic E-state index is -0.812. The van der Waals surface area contributed by atoms with Crippen LogP contribution in [0.4, 0.5) is 0 Å². The summed E-state index contributed by atoms with van der Waals surface area (Å²) in [4.78, 5) is 10.0. The van der Waals surface area contributed by atoms with Gasteiger partial charge in [-0.25, -0.2) is 15.5 Å². The molecule has 0 saturated carbocycles. The van der Waals surface area contributed by atoms with Crippen molar-refractivity contribution in [3.05, 3.63) is 10.1 Å². The highest BCUT2D eigenvalue weighted by atomic mass is 16.7. The molecular formula is C6H11N5O3. The maximum Gasteiger partial charge on any atom is 0.291 e. The Bertz CT molecular complexity index is 264. The Hall–Kier alpha value is -1.70. The smallest absolute Gasteiger partial charge is 0.291 e. The molecule has 0 fully saturated rings. The van der Waals surface area contributed by atoms with Gasteiger partial charge in [0.25, 0.3) is 5.96 Å². The molecule has 0 amide bonds. The van der Waals surface area contributed by atoms with Crippen molar-refractivity contribution in [3.63, 3.8) is 0 Å². The summed E-state index contributed by atoms with van der Waals surface area (Å²) in [6.45, 7) is 2.51. The predicted octanol–water partition coefficient (Wildman–Crippen LogP) is -0.535. The van der Waals surface area contributed by atoms with Crippen molar-refractivity contribution in [1.29, 1.82) is 0 Å². The molecule has 0 aromatic carbocycles. The Morgan fingerprint density at radius 3 is 3.29 bits per heavy atom. The molecule has 1 rings (SSSR count). The van der Waals surface area contributed by atoms with Gasteiger partial charge in [0.15, 0.2) is 11.3 Å². The summed E-state index contributed by atoms with van der Waals surface area (Å²) < 4.78 is 5.24. The molecule has 0 bridgehead atoms. The average molecular weight is 201 g/mol. The maximum absolute atomic E-state index is 10.0. The van der Waals surface area contributed by atoms with Gasteiger partial charge in [0.2, 0.25) is 0 Å². The monoisotopic (exact) mass is 201 g/mol. The molecule has 0 aromatic rings. The van der Waals surface area contributed by atoms with Crippen molar-refractivity contribution in [3.8, 4) is 0 Å². The van der Waals surface area contributed by atoms with Gasteiger partial charge in [-0.2, -0.15) is 5.10 Å². The first-order chi connectivity index (χ1) is 6.72. The summed E-state index contributed by atoms with van der Waals surface area (Å²) in [6, 6.07) is 0. The molecule has 1 aliphatic heterocycles. The van der Waals surface area contributed by atoms with Crippen molar-refractivity contribution < 1.29 is 9.77 Å². The first-order valence-electron chi connectivity index (χ1n) is 4.12. The number of guanidine groups is 1. The molecule has 8 heteroatoms. The van der Waals surface area contributed by atoms with Crippen LogP contribution in [-0.4, -0.2) is 30.0 Å². The number of nitro groups is 1. The predicted molar refractivity (Wildman–Crippen MR) is 49.2 cm³/mol. The van der Waals surface area contributed by atoms with Gasteiger partial charge in [-0.1, -0.05) is 6.92 Å². The number of hydrogen-bond donors (Lipinski definition) is 2. The van der Waals surface area contributed by atoms with Crippen molar-refractivity contribution in [2.24, 2.45) is 10.2 Å². The number of ether oxygens (including phenoxy) is 1. The van der Waals surface area contributed by atoms with Gasteiger partial charge in [-0.15, -0.1) is 0 Å². The highest BCUT2D eigenvalue weighted by Crippen LogP contribution is 1.91. The first kappa shape index (κ1) is 10.4. The normalized spacial score (nSPS) is 22.9. The molecule has 0 aromatic heterocycles. The Morgan fingerprint density at radius 1 is 1.86 bits per heavy atom. The lowest BCUT2D eigenvalue weighted by molar-refractivity contribution is -0.485. The lowest BCUT2D eigenvalue weighted by atomic mass is 10.5. The van der Waals surface area contributed by atoms with Gasteiger partial charge in [0.05, 0.1) is 6.21 Å². The van der Waals surface area contributed by atoms with E-state index in [1.54, 1.807) is 0 Å². The second kappa shape index (κ2) is 5.12. The van der Waals surface area contributed by atoms with E-state index in [2.05, 4.69) is 20.9 Å². The molecule has 8 nitrogen and oxygen atoms in total. The van der Waals surface area contributed by atoms with Crippen LogP contribution >= 0.6 is 0 Å². The summed E-state index contributed by atoms with van der Waals surface area (Å²) in [5.41, 5.74) is 2.34. The second-order valence-electron chi connectivity index (χ2n) is 2.51. The molecule has 1 unspecified atom stereocenters. The molecule has 1 aliphatic rings. The third kappa shape index (κ3) is 3.35. The molecule has 0 aliphatic carbocycles. The number of hydrazone groups is 2. The molecule has 0 radical (unpaired) electrons. The van der Waals surface area contributed by atoms with E-state index in [1.807, 2.05) is 6.92 Å². The SMILES string of the molecule is CCCOC1C=NNC(=N[N+](=O)[O-])N1. The molecular weight excluding hydrogens is 190 g/mol. The summed E-state index contributed by atoms with van der Waals surface area (Å²) in [6.07, 6.45) is 1.87. The van der Waals surface area contributed by atoms with E-state index in [4.69, 9.17) is 4.74 Å². The van der Waals surface area contributed by atoms with Crippen molar-refractivity contribution in [2.45, 2.75) is 19.6 Å². The molecule has 1 atom stereocenters. The van der Waals surface area contributed by atoms with Crippen LogP contribution in [0.1, 0.15) is 13.3 Å². The Kier molecular flexibility index (Phi) is 3.80. The fourth-order valence-corrected chi connectivity index (χ4v) is 0.833. The van der Waals surface area contributed by atoms with E-state index in [0.717, 1.165) is 6.42 Å². The zero-order chi connectivity index (χ0) is 10.4. The standard InChI is InChI=1S/C6H11N5O3/c1-2-3-14-5-4-7-9-6(8-5)10-11(12)13/h4-5H,2-3H2,1H3,(H2,8,9,10). The lowest BCUT2D eigenvalue weighted by Gasteiger charge is -2.18. The summed E-state index contributed by atoms with van der Waals surface area (Å²) >= 11 is 0. The Labute approximate surface area is 80.2 Å². The van der Waals surface area contributed by atoms with Crippen LogP contribution in [0.5, 0.6) is 0 Å². The number of nitrogens with zero attached hydrogens (tertiary/aromatic N) is 3. The van der Waals surface area contributed by atoms with Gasteiger partial charge in [0, 0.05) is 6.61 Å². The minimum Gasteiger partial charge on any atom is -0.353 e. The summed E-state index contributed by atoms with van der Waals surface area (Å²) in [5.74, 6) is -0.0291. The fourth-order valence-electron chi connectivity index (χ4n) is 0.833. The van der Waals surface area contributed by atoms with Gasteiger partial charge < -0.3 is 10.1 Å². The molecule has 0 saturated heterocycles. The van der Waals surface area contributed by atoms with Crippen molar-refractivity contribution in [2.75, 3.05) is 6.61 Å². The van der Waals surface area contributed by atoms with Gasteiger partial charge in [-0.05, 0) is 6.42 Å². The highest BCUT2D eigenvalue weighted by molar-refractivity contribution is 5.85. The summed E-state index contributed by atoms with van der Waals surface area (Å²) in [7, 11) is 0. The van der Waals surface area contributed by atoms with Crippen LogP contribution in [0.25, 0.3) is 0 Å². The summed E-state index contributed by atoms with van der Waals surface area (Å²) in [5, 5.41) is 18.5. The average Bonchev–Trinajstić information content (AvgIpc) is 2.14. The number of rotatable bonds is 4. The molecule has 78 valence electrons. The van der Waals surface area contributed by atoms with Crippen LogP contribution in [0.3, 0.4) is 0 Å². The fraction of sp³-hybridized carbons (Fsp3) is 0.667. The van der Waals surface area contributed by atoms with Crippen LogP contribution in [0.15, 0.2) is 10.2 Å². The minimum absolute atomic E-state index is 0.0291. The zero-order valence-electron chi connectivity index (χ0n) is 7.64. The third-order valence-electron chi connectivity index (χ3n) is 1.34. The van der Waals surface area contributed by atoms with Crippen LogP contribution in [0, 0.1) is 10.1 Å². The van der Waals surface area contributed by atoms with E-state index in [9.17, 15) is 10.1 Å². The second-order valence-corrected chi connectivity index (χ2v) is 2.51. The van der Waals surface area contributed by atoms with Crippen LogP contribution < -0.4 is 10.7 Å². The van der Waals surface area contributed by atoms with E-state index in [0.29, 0.717) is 6.61 Å². The van der Waals surface area contributed by atoms with Crippen molar-refractivity contribution in [1.82, 2.24) is 10.7 Å². The first-order valence-corrected chi connectivity index (χ1v) is 4.12. The third-order valence-corrected chi connectivity index (χ3v) is 1.34. The lowest BCUT2D eigenvalue weighted by Crippen LogP contribution is -2.48.